The number of nitrogen functional groups attached to an aromatic ring is 2. The summed E-state index contributed by atoms with van der Waals surface area (Å²) in [5.41, 5.74) is 18.2. The van der Waals surface area contributed by atoms with Gasteiger partial charge in [0, 0.05) is 35.3 Å². The minimum atomic E-state index is -0.635. The summed E-state index contributed by atoms with van der Waals surface area (Å²) in [7, 11) is 1.48. The fourth-order valence-electron chi connectivity index (χ4n) is 11.5. The van der Waals surface area contributed by atoms with Gasteiger partial charge in [-0.2, -0.15) is 0 Å². The largest absolute Gasteiger partial charge is 0.481 e. The van der Waals surface area contributed by atoms with Crippen molar-refractivity contribution < 1.29 is 29.0 Å². The number of anilines is 4. The van der Waals surface area contributed by atoms with Gasteiger partial charge in [0.15, 0.2) is 0 Å². The first-order valence-corrected chi connectivity index (χ1v) is 22.3. The molecule has 2 aliphatic heterocycles. The molecule has 14 nitrogen and oxygen atoms in total. The van der Waals surface area contributed by atoms with Crippen molar-refractivity contribution in [2.45, 2.75) is 115 Å². The molecule has 2 unspecified atom stereocenters. The van der Waals surface area contributed by atoms with E-state index in [1.807, 2.05) is 24.3 Å². The quantitative estimate of drug-likeness (QED) is 0.161. The molecule has 4 fully saturated rings. The smallest absolute Gasteiger partial charge is 0.309 e. The van der Waals surface area contributed by atoms with Crippen molar-refractivity contribution >= 4 is 46.8 Å². The summed E-state index contributed by atoms with van der Waals surface area (Å²) in [5.74, 6) is 0.378. The van der Waals surface area contributed by atoms with E-state index < -0.39 is 5.97 Å². The standard InChI is InChI=1S/C25H30N4O3.C24H28N4O3/c1-24(2)13-29(22(30)19-20(24)27-14-28-21(19)26)17-6-4-15(5-7-17)16-8-10-25(11-9-16)12-18(25)23(31)32-3;1-23(2)12-28(21(29)18-19(23)26-13-27-20(18)25)16-5-3-14(4-6-16)15-7-9-24(10-8-15)11-17(24)22(30)31/h4-7,14,16,18H,8-13H2,1-3H3,(H2,26,27,28);3-6,13,15,17H,7-12H2,1-2H3,(H,30,31)(H2,25,26,27). The number of hydrogen-bond donors (Lipinski definition) is 3. The lowest BCUT2D eigenvalue weighted by Gasteiger charge is -2.38. The highest BCUT2D eigenvalue weighted by atomic mass is 16.5. The predicted octanol–water partition coefficient (Wildman–Crippen LogP) is 7.58. The van der Waals surface area contributed by atoms with E-state index in [0.29, 0.717) is 47.4 Å². The Labute approximate surface area is 368 Å². The summed E-state index contributed by atoms with van der Waals surface area (Å²) in [4.78, 5) is 69.9. The first-order valence-electron chi connectivity index (χ1n) is 22.3. The highest BCUT2D eigenvalue weighted by Gasteiger charge is 2.60. The monoisotopic (exact) mass is 854 g/mol. The van der Waals surface area contributed by atoms with Gasteiger partial charge in [-0.1, -0.05) is 52.0 Å². The number of carboxylic acids is 1. The minimum absolute atomic E-state index is 0.0467. The van der Waals surface area contributed by atoms with E-state index in [1.165, 1.54) is 30.9 Å². The molecule has 4 saturated carbocycles. The van der Waals surface area contributed by atoms with Crippen molar-refractivity contribution in [2.75, 3.05) is 41.5 Å². The summed E-state index contributed by atoms with van der Waals surface area (Å²) < 4.78 is 4.95. The third kappa shape index (κ3) is 7.48. The van der Waals surface area contributed by atoms with Crippen LogP contribution in [0.25, 0.3) is 0 Å². The van der Waals surface area contributed by atoms with Crippen molar-refractivity contribution in [1.82, 2.24) is 19.9 Å². The van der Waals surface area contributed by atoms with E-state index in [4.69, 9.17) is 16.2 Å². The van der Waals surface area contributed by atoms with Crippen LogP contribution in [0, 0.1) is 22.7 Å². The maximum Gasteiger partial charge on any atom is 0.309 e. The molecule has 2 amide bonds. The molecule has 14 heteroatoms. The summed E-state index contributed by atoms with van der Waals surface area (Å²) in [6.45, 7) is 9.33. The molecular weight excluding hydrogens is 797 g/mol. The van der Waals surface area contributed by atoms with Crippen LogP contribution >= 0.6 is 0 Å². The number of carbonyl (C=O) groups is 4. The van der Waals surface area contributed by atoms with Gasteiger partial charge >= 0.3 is 11.9 Å². The first kappa shape index (κ1) is 42.4. The highest BCUT2D eigenvalue weighted by Crippen LogP contribution is 2.64. The average Bonchev–Trinajstić information content (AvgIpc) is 4.18. The fourth-order valence-corrected chi connectivity index (χ4v) is 11.5. The number of carbonyl (C=O) groups excluding carboxylic acids is 3. The molecule has 2 aromatic carbocycles. The molecule has 0 saturated heterocycles. The Bertz CT molecular complexity index is 2470. The summed E-state index contributed by atoms with van der Waals surface area (Å²) >= 11 is 0. The Hall–Kier alpha value is -5.92. The molecule has 4 aliphatic carbocycles. The average molecular weight is 855 g/mol. The van der Waals surface area contributed by atoms with Gasteiger partial charge in [-0.05, 0) is 122 Å². The second-order valence-corrected chi connectivity index (χ2v) is 20.3. The molecule has 63 heavy (non-hydrogen) atoms. The minimum Gasteiger partial charge on any atom is -0.481 e. The van der Waals surface area contributed by atoms with Gasteiger partial charge in [0.25, 0.3) is 11.8 Å². The zero-order chi connectivity index (χ0) is 44.6. The van der Waals surface area contributed by atoms with Crippen LogP contribution in [0.2, 0.25) is 0 Å². The van der Waals surface area contributed by atoms with Crippen LogP contribution in [0.1, 0.15) is 147 Å². The Balaban J connectivity index is 0.000000160. The second kappa shape index (κ2) is 15.4. The van der Waals surface area contributed by atoms with Gasteiger partial charge in [0.05, 0.1) is 30.3 Å². The highest BCUT2D eigenvalue weighted by molar-refractivity contribution is 6.12. The van der Waals surface area contributed by atoms with Crippen LogP contribution in [-0.4, -0.2) is 69.0 Å². The summed E-state index contributed by atoms with van der Waals surface area (Å²) in [5, 5.41) is 9.30. The molecule has 0 bridgehead atoms. The molecule has 10 rings (SSSR count). The van der Waals surface area contributed by atoms with Crippen LogP contribution in [0.5, 0.6) is 0 Å². The maximum atomic E-state index is 13.2. The number of esters is 1. The number of methoxy groups -OCH3 is 1. The van der Waals surface area contributed by atoms with Crippen LogP contribution in [0.15, 0.2) is 61.2 Å². The maximum absolute atomic E-state index is 13.2. The van der Waals surface area contributed by atoms with Crippen LogP contribution < -0.4 is 21.3 Å². The molecule has 2 atom stereocenters. The topological polar surface area (TPSA) is 208 Å². The van der Waals surface area contributed by atoms with Gasteiger partial charge in [-0.3, -0.25) is 19.2 Å². The Morgan fingerprint density at radius 1 is 0.635 bits per heavy atom. The number of carboxylic acid groups (broad SMARTS) is 1. The molecule has 4 aromatic rings. The molecule has 4 heterocycles. The second-order valence-electron chi connectivity index (χ2n) is 20.3. The van der Waals surface area contributed by atoms with Crippen molar-refractivity contribution in [3.05, 3.63) is 94.8 Å². The Kier molecular flexibility index (Phi) is 10.4. The van der Waals surface area contributed by atoms with E-state index in [2.05, 4.69) is 71.9 Å². The Morgan fingerprint density at radius 3 is 1.38 bits per heavy atom. The number of hydrogen-bond acceptors (Lipinski definition) is 11. The Morgan fingerprint density at radius 2 is 1.02 bits per heavy atom. The number of nitrogens with zero attached hydrogens (tertiary/aromatic N) is 6. The predicted molar refractivity (Wildman–Crippen MR) is 238 cm³/mol. The molecule has 2 spiro atoms. The van der Waals surface area contributed by atoms with Crippen molar-refractivity contribution in [3.8, 4) is 0 Å². The number of rotatable bonds is 6. The van der Waals surface area contributed by atoms with E-state index in [1.54, 1.807) is 9.80 Å². The van der Waals surface area contributed by atoms with Crippen molar-refractivity contribution in [2.24, 2.45) is 22.7 Å². The molecule has 5 N–H and O–H groups in total. The first-order chi connectivity index (χ1) is 30.0. The zero-order valence-corrected chi connectivity index (χ0v) is 36.9. The lowest BCUT2D eigenvalue weighted by molar-refractivity contribution is -0.143. The summed E-state index contributed by atoms with van der Waals surface area (Å²) in [6.07, 6.45) is 13.0. The number of fused-ring (bicyclic) bond motifs is 2. The van der Waals surface area contributed by atoms with Crippen LogP contribution in [-0.2, 0) is 25.2 Å². The SMILES string of the molecule is CC1(C)CN(c2ccc(C3CCC4(CC3)CC4C(=O)O)cc2)C(=O)c2c(N)ncnc21.COC(=O)C1CC12CCC(c1ccc(N3CC(C)(C)c4ncnc(N)c4C3=O)cc1)CC2. The number of aromatic nitrogens is 4. The van der Waals surface area contributed by atoms with Crippen LogP contribution in [0.4, 0.5) is 23.0 Å². The van der Waals surface area contributed by atoms with E-state index in [0.717, 1.165) is 75.6 Å². The summed E-state index contributed by atoms with van der Waals surface area (Å²) in [6, 6.07) is 16.6. The molecule has 0 radical (unpaired) electrons. The van der Waals surface area contributed by atoms with Gasteiger partial charge in [-0.15, -0.1) is 0 Å². The fraction of sp³-hybridized carbons (Fsp3) is 0.510. The lowest BCUT2D eigenvalue weighted by Crippen LogP contribution is -2.48. The van der Waals surface area contributed by atoms with E-state index >= 15 is 0 Å². The van der Waals surface area contributed by atoms with Gasteiger partial charge in [0.2, 0.25) is 0 Å². The molecule has 2 aromatic heterocycles. The van der Waals surface area contributed by atoms with Crippen molar-refractivity contribution in [3.63, 3.8) is 0 Å². The normalized spacial score (nSPS) is 28.7. The molecule has 6 aliphatic rings. The lowest BCUT2D eigenvalue weighted by atomic mass is 9.75. The van der Waals surface area contributed by atoms with Gasteiger partial charge < -0.3 is 31.1 Å². The van der Waals surface area contributed by atoms with Gasteiger partial charge in [-0.25, -0.2) is 19.9 Å². The third-order valence-corrected chi connectivity index (χ3v) is 15.5. The molecular formula is C49H58N8O6. The van der Waals surface area contributed by atoms with E-state index in [9.17, 15) is 24.3 Å². The molecule has 330 valence electrons. The zero-order valence-electron chi connectivity index (χ0n) is 36.9. The van der Waals surface area contributed by atoms with Crippen molar-refractivity contribution in [1.29, 1.82) is 0 Å². The number of ether oxygens (including phenoxy) is 1. The van der Waals surface area contributed by atoms with Gasteiger partial charge in [0.1, 0.15) is 35.4 Å². The van der Waals surface area contributed by atoms with E-state index in [-0.39, 0.29) is 62.9 Å². The number of aliphatic carboxylic acids is 1. The van der Waals surface area contributed by atoms with Crippen LogP contribution in [0.3, 0.4) is 0 Å². The number of amides is 2. The third-order valence-electron chi connectivity index (χ3n) is 15.5. The number of benzene rings is 2. The number of nitrogens with two attached hydrogens (primary N) is 2.